The minimum absolute atomic E-state index is 0.106. The summed E-state index contributed by atoms with van der Waals surface area (Å²) in [6, 6.07) is 4.12. The summed E-state index contributed by atoms with van der Waals surface area (Å²) in [6.45, 7) is 0.500. The molecule has 0 aromatic heterocycles. The molecule has 0 aliphatic heterocycles. The van der Waals surface area contributed by atoms with E-state index in [2.05, 4.69) is 0 Å². The summed E-state index contributed by atoms with van der Waals surface area (Å²) in [5, 5.41) is 0.509. The van der Waals surface area contributed by atoms with Gasteiger partial charge in [0.1, 0.15) is 5.82 Å². The van der Waals surface area contributed by atoms with Crippen LogP contribution in [0.25, 0.3) is 0 Å². The smallest absolute Gasteiger partial charge is 0.128 e. The number of halogens is 2. The first-order chi connectivity index (χ1) is 7.09. The normalized spacial score (nSPS) is 20.0. The van der Waals surface area contributed by atoms with E-state index in [1.54, 1.807) is 6.07 Å². The van der Waals surface area contributed by atoms with E-state index in [9.17, 15) is 4.39 Å². The van der Waals surface area contributed by atoms with Crippen LogP contribution in [-0.2, 0) is 0 Å². The van der Waals surface area contributed by atoms with Crippen molar-refractivity contribution in [3.63, 3.8) is 0 Å². The Hall–Kier alpha value is -0.640. The first kappa shape index (κ1) is 10.9. The Kier molecular flexibility index (Phi) is 2.71. The molecule has 82 valence electrons. The highest BCUT2D eigenvalue weighted by Gasteiger charge is 2.47. The van der Waals surface area contributed by atoms with Crippen molar-refractivity contribution in [1.82, 2.24) is 0 Å². The maximum Gasteiger partial charge on any atom is 0.128 e. The molecule has 2 nitrogen and oxygen atoms in total. The van der Waals surface area contributed by atoms with Crippen LogP contribution in [0.2, 0.25) is 5.02 Å². The molecule has 2 rings (SSSR count). The molecule has 1 saturated carbocycles. The standard InChI is InChI=1S/C11H14ClFN2/c12-7-1-2-9(13)8(5-7)10(15)11(6-14)3-4-11/h1-2,5,10H,3-4,6,14-15H2. The SMILES string of the molecule is NCC1(C(N)c2cc(Cl)ccc2F)CC1. The van der Waals surface area contributed by atoms with Crippen molar-refractivity contribution in [2.45, 2.75) is 18.9 Å². The van der Waals surface area contributed by atoms with Crippen molar-refractivity contribution in [2.75, 3.05) is 6.54 Å². The first-order valence-electron chi connectivity index (χ1n) is 5.00. The summed E-state index contributed by atoms with van der Waals surface area (Å²) in [6.07, 6.45) is 1.94. The third-order valence-corrected chi connectivity index (χ3v) is 3.49. The molecule has 1 aromatic carbocycles. The van der Waals surface area contributed by atoms with E-state index in [0.29, 0.717) is 17.1 Å². The maximum atomic E-state index is 13.5. The van der Waals surface area contributed by atoms with Gasteiger partial charge in [-0.25, -0.2) is 4.39 Å². The molecule has 1 fully saturated rings. The van der Waals surface area contributed by atoms with Crippen LogP contribution >= 0.6 is 11.6 Å². The number of rotatable bonds is 3. The predicted molar refractivity (Wildman–Crippen MR) is 59.1 cm³/mol. The lowest BCUT2D eigenvalue weighted by Gasteiger charge is -2.22. The van der Waals surface area contributed by atoms with Crippen molar-refractivity contribution in [3.05, 3.63) is 34.6 Å². The van der Waals surface area contributed by atoms with Crippen LogP contribution < -0.4 is 11.5 Å². The quantitative estimate of drug-likeness (QED) is 0.834. The van der Waals surface area contributed by atoms with Gasteiger partial charge in [0.15, 0.2) is 0 Å². The van der Waals surface area contributed by atoms with Crippen LogP contribution in [0.1, 0.15) is 24.4 Å². The highest BCUT2D eigenvalue weighted by atomic mass is 35.5. The molecular formula is C11H14ClFN2. The average molecular weight is 229 g/mol. The van der Waals surface area contributed by atoms with Crippen LogP contribution in [-0.4, -0.2) is 6.54 Å². The van der Waals surface area contributed by atoms with Gasteiger partial charge in [0.25, 0.3) is 0 Å². The molecule has 4 heteroatoms. The zero-order chi connectivity index (χ0) is 11.1. The molecule has 0 amide bonds. The van der Waals surface area contributed by atoms with Crippen LogP contribution in [0.5, 0.6) is 0 Å². The molecule has 1 aromatic rings. The molecule has 4 N–H and O–H groups in total. The van der Waals surface area contributed by atoms with Gasteiger partial charge < -0.3 is 11.5 Å². The van der Waals surface area contributed by atoms with Crippen molar-refractivity contribution in [2.24, 2.45) is 16.9 Å². The van der Waals surface area contributed by atoms with E-state index in [1.165, 1.54) is 12.1 Å². The number of benzene rings is 1. The van der Waals surface area contributed by atoms with Crippen molar-refractivity contribution in [1.29, 1.82) is 0 Å². The van der Waals surface area contributed by atoms with Crippen molar-refractivity contribution in [3.8, 4) is 0 Å². The maximum absolute atomic E-state index is 13.5. The fourth-order valence-corrected chi connectivity index (χ4v) is 2.07. The lowest BCUT2D eigenvalue weighted by Crippen LogP contribution is -2.30. The molecule has 0 radical (unpaired) electrons. The topological polar surface area (TPSA) is 52.0 Å². The van der Waals surface area contributed by atoms with E-state index < -0.39 is 0 Å². The van der Waals surface area contributed by atoms with Gasteiger partial charge in [0.05, 0.1) is 0 Å². The average Bonchev–Trinajstić information content (AvgIpc) is 3.01. The zero-order valence-electron chi connectivity index (χ0n) is 8.34. The van der Waals surface area contributed by atoms with E-state index in [1.807, 2.05) is 0 Å². The molecule has 1 atom stereocenters. The lowest BCUT2D eigenvalue weighted by atomic mass is 9.90. The number of hydrogen-bond acceptors (Lipinski definition) is 2. The molecule has 0 heterocycles. The molecule has 0 saturated heterocycles. The Bertz CT molecular complexity index is 377. The minimum atomic E-state index is -0.346. The second-order valence-electron chi connectivity index (χ2n) is 4.21. The number of hydrogen-bond donors (Lipinski definition) is 2. The van der Waals surface area contributed by atoms with E-state index in [-0.39, 0.29) is 17.3 Å². The summed E-state index contributed by atoms with van der Waals surface area (Å²) >= 11 is 5.82. The molecular weight excluding hydrogens is 215 g/mol. The van der Waals surface area contributed by atoms with Gasteiger partial charge in [-0.15, -0.1) is 0 Å². The van der Waals surface area contributed by atoms with Gasteiger partial charge in [-0.2, -0.15) is 0 Å². The second-order valence-corrected chi connectivity index (χ2v) is 4.65. The minimum Gasteiger partial charge on any atom is -0.330 e. The van der Waals surface area contributed by atoms with Crippen LogP contribution in [0.4, 0.5) is 4.39 Å². The Morgan fingerprint density at radius 1 is 1.47 bits per heavy atom. The van der Waals surface area contributed by atoms with Crippen LogP contribution in [0.15, 0.2) is 18.2 Å². The second kappa shape index (κ2) is 3.74. The number of nitrogens with two attached hydrogens (primary N) is 2. The highest BCUT2D eigenvalue weighted by Crippen LogP contribution is 2.53. The third kappa shape index (κ3) is 1.87. The summed E-state index contributed by atoms with van der Waals surface area (Å²) in [7, 11) is 0. The lowest BCUT2D eigenvalue weighted by molar-refractivity contribution is 0.405. The zero-order valence-corrected chi connectivity index (χ0v) is 9.10. The van der Waals surface area contributed by atoms with Gasteiger partial charge in [0, 0.05) is 22.0 Å². The summed E-state index contributed by atoms with van der Waals surface area (Å²) in [4.78, 5) is 0. The van der Waals surface area contributed by atoms with Crippen molar-refractivity contribution < 1.29 is 4.39 Å². The molecule has 0 bridgehead atoms. The van der Waals surface area contributed by atoms with E-state index in [0.717, 1.165) is 12.8 Å². The predicted octanol–water partition coefficient (Wildman–Crippen LogP) is 2.22. The largest absolute Gasteiger partial charge is 0.330 e. The Labute approximate surface area is 93.4 Å². The van der Waals surface area contributed by atoms with Gasteiger partial charge in [-0.3, -0.25) is 0 Å². The Morgan fingerprint density at radius 2 is 2.13 bits per heavy atom. The van der Waals surface area contributed by atoms with Gasteiger partial charge in [-0.05, 0) is 37.6 Å². The monoisotopic (exact) mass is 228 g/mol. The Balaban J connectivity index is 2.32. The van der Waals surface area contributed by atoms with E-state index >= 15 is 0 Å². The highest BCUT2D eigenvalue weighted by molar-refractivity contribution is 6.30. The Morgan fingerprint density at radius 3 is 2.67 bits per heavy atom. The van der Waals surface area contributed by atoms with Gasteiger partial charge in [-0.1, -0.05) is 11.6 Å². The fraction of sp³-hybridized carbons (Fsp3) is 0.455. The fourth-order valence-electron chi connectivity index (χ4n) is 1.89. The summed E-state index contributed by atoms with van der Waals surface area (Å²) < 4.78 is 13.5. The summed E-state index contributed by atoms with van der Waals surface area (Å²) in [5.41, 5.74) is 12.1. The van der Waals surface area contributed by atoms with Gasteiger partial charge >= 0.3 is 0 Å². The summed E-state index contributed by atoms with van der Waals surface area (Å²) in [5.74, 6) is -0.299. The molecule has 1 unspecified atom stereocenters. The van der Waals surface area contributed by atoms with Gasteiger partial charge in [0.2, 0.25) is 0 Å². The first-order valence-corrected chi connectivity index (χ1v) is 5.37. The van der Waals surface area contributed by atoms with Crippen LogP contribution in [0, 0.1) is 11.2 Å². The van der Waals surface area contributed by atoms with E-state index in [4.69, 9.17) is 23.1 Å². The molecule has 0 spiro atoms. The molecule has 15 heavy (non-hydrogen) atoms. The third-order valence-electron chi connectivity index (χ3n) is 3.25. The van der Waals surface area contributed by atoms with Crippen LogP contribution in [0.3, 0.4) is 0 Å². The van der Waals surface area contributed by atoms with Crippen molar-refractivity contribution >= 4 is 11.6 Å². The molecule has 1 aliphatic carbocycles. The molecule has 1 aliphatic rings.